The van der Waals surface area contributed by atoms with Gasteiger partial charge in [0, 0.05) is 19.5 Å². The van der Waals surface area contributed by atoms with E-state index in [9.17, 15) is 18.0 Å². The fourth-order valence-corrected chi connectivity index (χ4v) is 3.84. The van der Waals surface area contributed by atoms with E-state index in [0.717, 1.165) is 0 Å². The Hall–Kier alpha value is -0.840. The number of aryl methyl sites for hydroxylation is 1. The standard InChI is InChI=1S/C16H20ClF3IN3O2/c1-2-26-15(25)10-5-8-24(9-6-10)14-12(17)23-13(21)11(22-14)4-3-7-16(18,19)20/h10H,2-9H2,1H3. The molecule has 2 heterocycles. The number of hydrogen-bond donors (Lipinski definition) is 0. The number of halogens is 5. The molecule has 1 aromatic rings. The van der Waals surface area contributed by atoms with Gasteiger partial charge in [0.15, 0.2) is 11.0 Å². The molecule has 1 saturated heterocycles. The summed E-state index contributed by atoms with van der Waals surface area (Å²) >= 11 is 8.13. The second-order valence-corrected chi connectivity index (χ2v) is 7.44. The third kappa shape index (κ3) is 6.11. The van der Waals surface area contributed by atoms with Gasteiger partial charge in [-0.3, -0.25) is 4.79 Å². The second-order valence-electron chi connectivity index (χ2n) is 6.06. The Bertz CT molecular complexity index is 638. The van der Waals surface area contributed by atoms with Crippen molar-refractivity contribution in [1.82, 2.24) is 9.97 Å². The average molecular weight is 506 g/mol. The predicted octanol–water partition coefficient (Wildman–Crippen LogP) is 4.40. The SMILES string of the molecule is CCOC(=O)C1CCN(c2nc(CCCC(F)(F)F)c(I)nc2Cl)CC1. The zero-order valence-electron chi connectivity index (χ0n) is 14.3. The van der Waals surface area contributed by atoms with E-state index in [0.29, 0.717) is 47.8 Å². The zero-order chi connectivity index (χ0) is 19.3. The van der Waals surface area contributed by atoms with E-state index in [1.54, 1.807) is 6.92 Å². The van der Waals surface area contributed by atoms with Gasteiger partial charge in [0.05, 0.1) is 18.2 Å². The van der Waals surface area contributed by atoms with Crippen LogP contribution in [0.1, 0.15) is 38.3 Å². The topological polar surface area (TPSA) is 55.3 Å². The molecule has 0 spiro atoms. The van der Waals surface area contributed by atoms with Crippen LogP contribution in [0.5, 0.6) is 0 Å². The number of anilines is 1. The largest absolute Gasteiger partial charge is 0.466 e. The van der Waals surface area contributed by atoms with Gasteiger partial charge in [0.2, 0.25) is 0 Å². The first-order valence-electron chi connectivity index (χ1n) is 8.41. The Kier molecular flexibility index (Phi) is 7.75. The van der Waals surface area contributed by atoms with Crippen LogP contribution in [0.15, 0.2) is 0 Å². The van der Waals surface area contributed by atoms with Crippen LogP contribution in [-0.2, 0) is 16.0 Å². The Morgan fingerprint density at radius 2 is 2.00 bits per heavy atom. The van der Waals surface area contributed by atoms with Crippen LogP contribution in [0, 0.1) is 9.62 Å². The van der Waals surface area contributed by atoms with Gasteiger partial charge >= 0.3 is 12.1 Å². The summed E-state index contributed by atoms with van der Waals surface area (Å²) in [5.74, 6) is 0.129. The highest BCUT2D eigenvalue weighted by molar-refractivity contribution is 14.1. The van der Waals surface area contributed by atoms with Crippen LogP contribution in [-0.4, -0.2) is 41.8 Å². The first-order chi connectivity index (χ1) is 12.2. The molecule has 0 aromatic carbocycles. The summed E-state index contributed by atoms with van der Waals surface area (Å²) in [5.41, 5.74) is 0.516. The molecule has 0 atom stereocenters. The Morgan fingerprint density at radius 1 is 1.35 bits per heavy atom. The molecule has 146 valence electrons. The van der Waals surface area contributed by atoms with E-state index in [1.165, 1.54) is 0 Å². The lowest BCUT2D eigenvalue weighted by atomic mass is 9.97. The van der Waals surface area contributed by atoms with Crippen LogP contribution in [0.4, 0.5) is 19.0 Å². The van der Waals surface area contributed by atoms with Crippen LogP contribution < -0.4 is 4.90 Å². The van der Waals surface area contributed by atoms with E-state index in [4.69, 9.17) is 16.3 Å². The maximum atomic E-state index is 12.3. The number of rotatable bonds is 6. The van der Waals surface area contributed by atoms with Crippen molar-refractivity contribution in [2.75, 3.05) is 24.6 Å². The maximum Gasteiger partial charge on any atom is 0.389 e. The number of piperidine rings is 1. The van der Waals surface area contributed by atoms with Gasteiger partial charge in [0.25, 0.3) is 0 Å². The van der Waals surface area contributed by atoms with E-state index >= 15 is 0 Å². The molecule has 0 N–H and O–H groups in total. The second kappa shape index (κ2) is 9.38. The third-order valence-corrected chi connectivity index (χ3v) is 5.27. The molecule has 1 aliphatic heterocycles. The molecule has 2 rings (SSSR count). The first-order valence-corrected chi connectivity index (χ1v) is 9.87. The van der Waals surface area contributed by atoms with E-state index in [2.05, 4.69) is 9.97 Å². The minimum atomic E-state index is -4.18. The number of carbonyl (C=O) groups excluding carboxylic acids is 1. The molecule has 26 heavy (non-hydrogen) atoms. The van der Waals surface area contributed by atoms with Crippen molar-refractivity contribution in [3.63, 3.8) is 0 Å². The summed E-state index contributed by atoms with van der Waals surface area (Å²) < 4.78 is 42.6. The van der Waals surface area contributed by atoms with Crippen molar-refractivity contribution in [3.8, 4) is 0 Å². The molecule has 5 nitrogen and oxygen atoms in total. The highest BCUT2D eigenvalue weighted by Gasteiger charge is 2.29. The molecule has 1 fully saturated rings. The molecular formula is C16H20ClF3IN3O2. The van der Waals surface area contributed by atoms with Gasteiger partial charge in [-0.15, -0.1) is 0 Å². The fourth-order valence-electron chi connectivity index (χ4n) is 2.82. The number of carbonyl (C=O) groups is 1. The fraction of sp³-hybridized carbons (Fsp3) is 0.688. The summed E-state index contributed by atoms with van der Waals surface area (Å²) in [6, 6.07) is 0. The molecule has 0 aliphatic carbocycles. The minimum absolute atomic E-state index is 0.0415. The van der Waals surface area contributed by atoms with Crippen molar-refractivity contribution < 1.29 is 22.7 Å². The quantitative estimate of drug-likeness (QED) is 0.424. The van der Waals surface area contributed by atoms with E-state index in [-0.39, 0.29) is 29.9 Å². The number of esters is 1. The molecular weight excluding hydrogens is 486 g/mol. The minimum Gasteiger partial charge on any atom is -0.466 e. The highest BCUT2D eigenvalue weighted by Crippen LogP contribution is 2.30. The maximum absolute atomic E-state index is 12.3. The highest BCUT2D eigenvalue weighted by atomic mass is 127. The van der Waals surface area contributed by atoms with Gasteiger partial charge in [-0.1, -0.05) is 11.6 Å². The van der Waals surface area contributed by atoms with Crippen LogP contribution >= 0.6 is 34.2 Å². The lowest BCUT2D eigenvalue weighted by Crippen LogP contribution is -2.37. The van der Waals surface area contributed by atoms with Gasteiger partial charge in [0.1, 0.15) is 3.70 Å². The molecule has 0 unspecified atom stereocenters. The van der Waals surface area contributed by atoms with Crippen molar-refractivity contribution in [3.05, 3.63) is 14.5 Å². The monoisotopic (exact) mass is 505 g/mol. The molecule has 0 saturated carbocycles. The first kappa shape index (κ1) is 21.5. The number of aromatic nitrogens is 2. The van der Waals surface area contributed by atoms with Crippen molar-refractivity contribution in [1.29, 1.82) is 0 Å². The lowest BCUT2D eigenvalue weighted by molar-refractivity contribution is -0.148. The predicted molar refractivity (Wildman–Crippen MR) is 100 cm³/mol. The third-order valence-electron chi connectivity index (χ3n) is 4.15. The van der Waals surface area contributed by atoms with Crippen LogP contribution in [0.25, 0.3) is 0 Å². The number of alkyl halides is 3. The molecule has 0 amide bonds. The summed E-state index contributed by atoms with van der Waals surface area (Å²) in [6.45, 7) is 3.27. The van der Waals surface area contributed by atoms with Crippen molar-refractivity contribution in [2.45, 2.75) is 45.2 Å². The number of hydrogen-bond acceptors (Lipinski definition) is 5. The lowest BCUT2D eigenvalue weighted by Gasteiger charge is -2.32. The Labute approximate surface area is 168 Å². The van der Waals surface area contributed by atoms with Crippen molar-refractivity contribution >= 4 is 46.0 Å². The Morgan fingerprint density at radius 3 is 2.58 bits per heavy atom. The van der Waals surface area contributed by atoms with Gasteiger partial charge < -0.3 is 9.64 Å². The van der Waals surface area contributed by atoms with E-state index in [1.807, 2.05) is 27.5 Å². The molecule has 0 radical (unpaired) electrons. The number of nitrogens with zero attached hydrogens (tertiary/aromatic N) is 3. The summed E-state index contributed by atoms with van der Waals surface area (Å²) in [7, 11) is 0. The molecule has 10 heteroatoms. The Balaban J connectivity index is 2.03. The summed E-state index contributed by atoms with van der Waals surface area (Å²) in [5, 5.41) is 0.226. The number of ether oxygens (including phenoxy) is 1. The van der Waals surface area contributed by atoms with Crippen molar-refractivity contribution in [2.24, 2.45) is 5.92 Å². The normalized spacial score (nSPS) is 16.0. The van der Waals surface area contributed by atoms with Gasteiger partial charge in [-0.05, 0) is 55.2 Å². The van der Waals surface area contributed by atoms with Crippen LogP contribution in [0.3, 0.4) is 0 Å². The summed E-state index contributed by atoms with van der Waals surface area (Å²) in [6.07, 6.45) is -3.65. The zero-order valence-corrected chi connectivity index (χ0v) is 17.2. The average Bonchev–Trinajstić information content (AvgIpc) is 2.56. The molecule has 1 aromatic heterocycles. The molecule has 0 bridgehead atoms. The smallest absolute Gasteiger partial charge is 0.389 e. The van der Waals surface area contributed by atoms with E-state index < -0.39 is 12.6 Å². The van der Waals surface area contributed by atoms with Gasteiger partial charge in [-0.25, -0.2) is 9.97 Å². The molecule has 1 aliphatic rings. The van der Waals surface area contributed by atoms with Gasteiger partial charge in [-0.2, -0.15) is 13.2 Å². The van der Waals surface area contributed by atoms with Crippen LogP contribution in [0.2, 0.25) is 5.15 Å². The summed E-state index contributed by atoms with van der Waals surface area (Å²) in [4.78, 5) is 22.4.